The van der Waals surface area contributed by atoms with Crippen LogP contribution in [0.4, 0.5) is 5.13 Å². The Morgan fingerprint density at radius 1 is 1.17 bits per heavy atom. The molecule has 8 heteroatoms. The normalized spacial score (nSPS) is 11.4. The summed E-state index contributed by atoms with van der Waals surface area (Å²) in [6, 6.07) is 11.6. The van der Waals surface area contributed by atoms with Crippen molar-refractivity contribution in [3.05, 3.63) is 48.0 Å². The predicted molar refractivity (Wildman–Crippen MR) is 93.7 cm³/mol. The van der Waals surface area contributed by atoms with Gasteiger partial charge < -0.3 is 4.74 Å². The monoisotopic (exact) mass is 362 g/mol. The minimum absolute atomic E-state index is 0.0128. The van der Waals surface area contributed by atoms with Crippen LogP contribution in [0.1, 0.15) is 10.4 Å². The van der Waals surface area contributed by atoms with Gasteiger partial charge >= 0.3 is 0 Å². The maximum atomic E-state index is 12.5. The Kier molecular flexibility index (Phi) is 4.25. The van der Waals surface area contributed by atoms with Crippen LogP contribution in [0.2, 0.25) is 0 Å². The zero-order valence-electron chi connectivity index (χ0n) is 12.9. The first kappa shape index (κ1) is 16.4. The molecule has 1 aromatic heterocycles. The maximum Gasteiger partial charge on any atom is 0.258 e. The van der Waals surface area contributed by atoms with E-state index in [2.05, 4.69) is 10.3 Å². The Labute approximate surface area is 143 Å². The van der Waals surface area contributed by atoms with E-state index in [-0.39, 0.29) is 10.5 Å². The third kappa shape index (κ3) is 3.10. The highest BCUT2D eigenvalue weighted by Crippen LogP contribution is 2.32. The van der Waals surface area contributed by atoms with E-state index in [9.17, 15) is 13.2 Å². The van der Waals surface area contributed by atoms with E-state index in [0.29, 0.717) is 16.4 Å². The number of ether oxygens (including phenoxy) is 1. The number of rotatable bonds is 4. The van der Waals surface area contributed by atoms with Crippen molar-refractivity contribution in [3.63, 3.8) is 0 Å². The molecule has 3 rings (SSSR count). The first-order chi connectivity index (χ1) is 11.4. The summed E-state index contributed by atoms with van der Waals surface area (Å²) in [5.74, 6) is 0.0924. The summed E-state index contributed by atoms with van der Waals surface area (Å²) in [4.78, 5) is 16.8. The molecular formula is C16H14N2O4S2. The molecule has 0 saturated heterocycles. The van der Waals surface area contributed by atoms with Crippen LogP contribution >= 0.6 is 11.3 Å². The van der Waals surface area contributed by atoms with Crippen molar-refractivity contribution < 1.29 is 17.9 Å². The number of para-hydroxylation sites is 1. The second kappa shape index (κ2) is 6.21. The summed E-state index contributed by atoms with van der Waals surface area (Å²) in [6.07, 6.45) is 1.07. The van der Waals surface area contributed by atoms with Crippen LogP contribution < -0.4 is 10.1 Å². The molecule has 0 radical (unpaired) electrons. The van der Waals surface area contributed by atoms with Crippen molar-refractivity contribution in [2.24, 2.45) is 0 Å². The van der Waals surface area contributed by atoms with Crippen molar-refractivity contribution in [2.75, 3.05) is 18.7 Å². The Balaban J connectivity index is 1.97. The molecule has 6 nitrogen and oxygen atoms in total. The van der Waals surface area contributed by atoms with Crippen molar-refractivity contribution >= 4 is 42.4 Å². The van der Waals surface area contributed by atoms with Crippen LogP contribution in [0.25, 0.3) is 10.2 Å². The molecule has 1 N–H and O–H groups in total. The number of aromatic nitrogens is 1. The molecule has 0 aliphatic heterocycles. The lowest BCUT2D eigenvalue weighted by atomic mass is 10.2. The van der Waals surface area contributed by atoms with Crippen molar-refractivity contribution in [1.82, 2.24) is 4.98 Å². The van der Waals surface area contributed by atoms with Gasteiger partial charge in [-0.3, -0.25) is 10.1 Å². The Morgan fingerprint density at radius 3 is 2.62 bits per heavy atom. The number of benzene rings is 2. The van der Waals surface area contributed by atoms with Gasteiger partial charge in [0.15, 0.2) is 15.0 Å². The highest BCUT2D eigenvalue weighted by Gasteiger charge is 2.19. The highest BCUT2D eigenvalue weighted by atomic mass is 32.2. The number of carbonyl (C=O) groups is 1. The lowest BCUT2D eigenvalue weighted by molar-refractivity contribution is 0.102. The number of carbonyl (C=O) groups excluding carboxylic acids is 1. The van der Waals surface area contributed by atoms with E-state index in [1.165, 1.54) is 23.5 Å². The number of thiazole rings is 1. The SMILES string of the molecule is COc1cccc2sc(NC(=O)c3ccccc3S(C)(=O)=O)nc12. The van der Waals surface area contributed by atoms with Gasteiger partial charge in [0, 0.05) is 6.26 Å². The van der Waals surface area contributed by atoms with Crippen LogP contribution in [-0.4, -0.2) is 32.7 Å². The minimum Gasteiger partial charge on any atom is -0.494 e. The molecule has 0 bridgehead atoms. The fraction of sp³-hybridized carbons (Fsp3) is 0.125. The van der Waals surface area contributed by atoms with Gasteiger partial charge in [-0.1, -0.05) is 29.5 Å². The molecule has 24 heavy (non-hydrogen) atoms. The number of methoxy groups -OCH3 is 1. The van der Waals surface area contributed by atoms with Crippen LogP contribution in [0.15, 0.2) is 47.4 Å². The van der Waals surface area contributed by atoms with E-state index in [1.807, 2.05) is 12.1 Å². The van der Waals surface area contributed by atoms with E-state index >= 15 is 0 Å². The number of hydrogen-bond acceptors (Lipinski definition) is 6. The Bertz CT molecular complexity index is 1030. The number of nitrogens with one attached hydrogen (secondary N) is 1. The van der Waals surface area contributed by atoms with Crippen molar-refractivity contribution in [3.8, 4) is 5.75 Å². The quantitative estimate of drug-likeness (QED) is 0.771. The summed E-state index contributed by atoms with van der Waals surface area (Å²) in [5.41, 5.74) is 0.739. The van der Waals surface area contributed by atoms with Crippen molar-refractivity contribution in [2.45, 2.75) is 4.90 Å². The van der Waals surface area contributed by atoms with Gasteiger partial charge in [-0.25, -0.2) is 13.4 Å². The third-order valence-electron chi connectivity index (χ3n) is 3.35. The summed E-state index contributed by atoms with van der Waals surface area (Å²) in [6.45, 7) is 0. The van der Waals surface area contributed by atoms with E-state index in [0.717, 1.165) is 11.0 Å². The Morgan fingerprint density at radius 2 is 1.92 bits per heavy atom. The predicted octanol–water partition coefficient (Wildman–Crippen LogP) is 2.96. The number of anilines is 1. The second-order valence-electron chi connectivity index (χ2n) is 5.05. The molecule has 0 aliphatic carbocycles. The fourth-order valence-electron chi connectivity index (χ4n) is 2.28. The average Bonchev–Trinajstić information content (AvgIpc) is 2.96. The number of sulfone groups is 1. The molecule has 0 spiro atoms. The third-order valence-corrected chi connectivity index (χ3v) is 5.44. The zero-order chi connectivity index (χ0) is 17.3. The van der Waals surface area contributed by atoms with Crippen molar-refractivity contribution in [1.29, 1.82) is 0 Å². The van der Waals surface area contributed by atoms with Gasteiger partial charge in [-0.15, -0.1) is 0 Å². The maximum absolute atomic E-state index is 12.5. The first-order valence-corrected chi connectivity index (χ1v) is 9.65. The standard InChI is InChI=1S/C16H14N2O4S2/c1-22-11-7-5-8-12-14(11)17-16(23-12)18-15(19)10-6-3-4-9-13(10)24(2,20)21/h3-9H,1-2H3,(H,17,18,19). The second-order valence-corrected chi connectivity index (χ2v) is 8.06. The molecule has 0 fully saturated rings. The van der Waals surface area contributed by atoms with E-state index in [1.54, 1.807) is 25.3 Å². The molecule has 0 unspecified atom stereocenters. The van der Waals surface area contributed by atoms with Gasteiger partial charge in [-0.05, 0) is 24.3 Å². The summed E-state index contributed by atoms with van der Waals surface area (Å²) in [7, 11) is -1.95. The highest BCUT2D eigenvalue weighted by molar-refractivity contribution is 7.90. The minimum atomic E-state index is -3.50. The van der Waals surface area contributed by atoms with E-state index < -0.39 is 15.7 Å². The molecule has 0 saturated carbocycles. The zero-order valence-corrected chi connectivity index (χ0v) is 14.6. The van der Waals surface area contributed by atoms with Gasteiger partial charge in [0.2, 0.25) is 0 Å². The topological polar surface area (TPSA) is 85.4 Å². The summed E-state index contributed by atoms with van der Waals surface area (Å²) < 4.78 is 29.8. The van der Waals surface area contributed by atoms with Gasteiger partial charge in [-0.2, -0.15) is 0 Å². The molecule has 124 valence electrons. The summed E-state index contributed by atoms with van der Waals surface area (Å²) >= 11 is 1.29. The molecular weight excluding hydrogens is 348 g/mol. The molecule has 0 atom stereocenters. The fourth-order valence-corrected chi connectivity index (χ4v) is 4.05. The molecule has 2 aromatic carbocycles. The van der Waals surface area contributed by atoms with Crippen LogP contribution in [0.3, 0.4) is 0 Å². The first-order valence-electron chi connectivity index (χ1n) is 6.94. The van der Waals surface area contributed by atoms with Gasteiger partial charge in [0.1, 0.15) is 11.3 Å². The number of nitrogens with zero attached hydrogens (tertiary/aromatic N) is 1. The lowest BCUT2D eigenvalue weighted by Crippen LogP contribution is -2.15. The van der Waals surface area contributed by atoms with Crippen LogP contribution in [0, 0.1) is 0 Å². The van der Waals surface area contributed by atoms with Gasteiger partial charge in [0.25, 0.3) is 5.91 Å². The van der Waals surface area contributed by atoms with Crippen LogP contribution in [-0.2, 0) is 9.84 Å². The molecule has 1 heterocycles. The largest absolute Gasteiger partial charge is 0.494 e. The number of hydrogen-bond donors (Lipinski definition) is 1. The summed E-state index contributed by atoms with van der Waals surface area (Å²) in [5, 5.41) is 3.04. The Hall–Kier alpha value is -2.45. The van der Waals surface area contributed by atoms with E-state index in [4.69, 9.17) is 4.74 Å². The average molecular weight is 362 g/mol. The molecule has 3 aromatic rings. The lowest BCUT2D eigenvalue weighted by Gasteiger charge is -2.06. The smallest absolute Gasteiger partial charge is 0.258 e. The molecule has 1 amide bonds. The van der Waals surface area contributed by atoms with Gasteiger partial charge in [0.05, 0.1) is 22.3 Å². The molecule has 0 aliphatic rings. The van der Waals surface area contributed by atoms with Crippen LogP contribution in [0.5, 0.6) is 5.75 Å². The number of fused-ring (bicyclic) bond motifs is 1. The number of amides is 1.